The van der Waals surface area contributed by atoms with Gasteiger partial charge < -0.3 is 15.2 Å². The minimum Gasteiger partial charge on any atom is -0.354 e. The summed E-state index contributed by atoms with van der Waals surface area (Å²) >= 11 is 0. The molecule has 0 saturated heterocycles. The summed E-state index contributed by atoms with van der Waals surface area (Å²) in [5, 5.41) is 10.6. The van der Waals surface area contributed by atoms with Crippen molar-refractivity contribution in [3.8, 4) is 0 Å². The van der Waals surface area contributed by atoms with E-state index in [4.69, 9.17) is 4.52 Å². The van der Waals surface area contributed by atoms with Gasteiger partial charge in [-0.15, -0.1) is 24.0 Å². The highest BCUT2D eigenvalue weighted by Crippen LogP contribution is 2.32. The fraction of sp³-hybridized carbons (Fsp3) is 0.500. The first-order chi connectivity index (χ1) is 11.7. The molecule has 2 aromatic rings. The first kappa shape index (κ1) is 19.7. The Balaban J connectivity index is 0.00000225. The summed E-state index contributed by atoms with van der Waals surface area (Å²) in [4.78, 5) is 8.47. The van der Waals surface area contributed by atoms with Gasteiger partial charge in [-0.2, -0.15) is 4.98 Å². The van der Waals surface area contributed by atoms with Gasteiger partial charge in [0.05, 0.1) is 6.54 Å². The van der Waals surface area contributed by atoms with Gasteiger partial charge in [-0.05, 0) is 37.2 Å². The Kier molecular flexibility index (Phi) is 7.67. The molecule has 0 atom stereocenters. The molecule has 3 rings (SSSR count). The molecule has 1 aromatic carbocycles. The van der Waals surface area contributed by atoms with Crippen molar-refractivity contribution in [1.29, 1.82) is 0 Å². The van der Waals surface area contributed by atoms with Crippen LogP contribution < -0.4 is 10.6 Å². The van der Waals surface area contributed by atoms with Crippen molar-refractivity contribution in [3.63, 3.8) is 0 Å². The quantitative estimate of drug-likeness (QED) is 0.420. The van der Waals surface area contributed by atoms with Crippen molar-refractivity contribution >= 4 is 29.9 Å². The number of nitrogens with one attached hydrogen (secondary N) is 2. The summed E-state index contributed by atoms with van der Waals surface area (Å²) in [6.07, 6.45) is 4.73. The van der Waals surface area contributed by atoms with E-state index in [0.717, 1.165) is 18.8 Å². The lowest BCUT2D eigenvalue weighted by molar-refractivity contribution is 0.370. The number of guanidine groups is 1. The highest BCUT2D eigenvalue weighted by Gasteiger charge is 2.22. The van der Waals surface area contributed by atoms with E-state index >= 15 is 0 Å². The second-order valence-electron chi connectivity index (χ2n) is 6.26. The van der Waals surface area contributed by atoms with Crippen LogP contribution in [0.4, 0.5) is 0 Å². The minimum absolute atomic E-state index is 0. The van der Waals surface area contributed by atoms with E-state index in [2.05, 4.69) is 56.1 Å². The lowest BCUT2D eigenvalue weighted by Crippen LogP contribution is -2.44. The predicted molar refractivity (Wildman–Crippen MR) is 109 cm³/mol. The second kappa shape index (κ2) is 9.74. The Morgan fingerprint density at radius 2 is 1.92 bits per heavy atom. The molecule has 2 N–H and O–H groups in total. The van der Waals surface area contributed by atoms with Gasteiger partial charge in [0, 0.05) is 20.0 Å². The third-order valence-corrected chi connectivity index (χ3v) is 4.55. The largest absolute Gasteiger partial charge is 0.354 e. The van der Waals surface area contributed by atoms with Crippen LogP contribution in [0.15, 0.2) is 39.8 Å². The Labute approximate surface area is 165 Å². The van der Waals surface area contributed by atoms with E-state index in [1.807, 2.05) is 0 Å². The zero-order chi connectivity index (χ0) is 16.8. The molecule has 25 heavy (non-hydrogen) atoms. The van der Waals surface area contributed by atoms with Gasteiger partial charge in [0.1, 0.15) is 0 Å². The van der Waals surface area contributed by atoms with Gasteiger partial charge in [0.25, 0.3) is 0 Å². The normalized spacial score (nSPS) is 20.6. The topological polar surface area (TPSA) is 75.3 Å². The molecule has 0 unspecified atom stereocenters. The molecule has 6 nitrogen and oxygen atoms in total. The van der Waals surface area contributed by atoms with Gasteiger partial charge in [0.2, 0.25) is 5.89 Å². The predicted octanol–water partition coefficient (Wildman–Crippen LogP) is 3.39. The van der Waals surface area contributed by atoms with Crippen LogP contribution in [0.25, 0.3) is 0 Å². The fourth-order valence-electron chi connectivity index (χ4n) is 3.26. The maximum absolute atomic E-state index is 4.97. The second-order valence-corrected chi connectivity index (χ2v) is 6.26. The number of aliphatic imine (C=N–C) groups is 1. The number of aromatic nitrogens is 2. The summed E-state index contributed by atoms with van der Waals surface area (Å²) in [6, 6.07) is 11.3. The summed E-state index contributed by atoms with van der Waals surface area (Å²) in [5.41, 5.74) is 1.46. The molecular formula is C18H26IN5O. The maximum Gasteiger partial charge on any atom is 0.223 e. The summed E-state index contributed by atoms with van der Waals surface area (Å²) in [5.74, 6) is 2.69. The molecule has 136 valence electrons. The van der Waals surface area contributed by atoms with Crippen molar-refractivity contribution in [2.75, 3.05) is 7.05 Å². The molecule has 0 radical (unpaired) electrons. The molecule has 1 heterocycles. The van der Waals surface area contributed by atoms with Crippen molar-refractivity contribution < 1.29 is 4.52 Å². The van der Waals surface area contributed by atoms with E-state index < -0.39 is 0 Å². The van der Waals surface area contributed by atoms with E-state index in [1.54, 1.807) is 14.0 Å². The first-order valence-electron chi connectivity index (χ1n) is 8.56. The molecule has 1 aliphatic carbocycles. The monoisotopic (exact) mass is 455 g/mol. The average molecular weight is 455 g/mol. The summed E-state index contributed by atoms with van der Waals surface area (Å²) in [6.45, 7) is 2.30. The number of hydrogen-bond acceptors (Lipinski definition) is 4. The third kappa shape index (κ3) is 5.69. The summed E-state index contributed by atoms with van der Waals surface area (Å²) in [7, 11) is 1.78. The Morgan fingerprint density at radius 3 is 2.52 bits per heavy atom. The van der Waals surface area contributed by atoms with Crippen LogP contribution in [0.5, 0.6) is 0 Å². The number of aryl methyl sites for hydroxylation is 1. The van der Waals surface area contributed by atoms with Gasteiger partial charge in [0.15, 0.2) is 11.8 Å². The van der Waals surface area contributed by atoms with Crippen LogP contribution >= 0.6 is 24.0 Å². The van der Waals surface area contributed by atoms with Crippen LogP contribution in [0.2, 0.25) is 0 Å². The Morgan fingerprint density at radius 1 is 1.20 bits per heavy atom. The number of benzene rings is 1. The SMILES string of the molecule is CN=C(NCc1noc(C)n1)NC1CCC(c2ccccc2)CC1.I. The Hall–Kier alpha value is -1.64. The minimum atomic E-state index is 0. The van der Waals surface area contributed by atoms with Crippen LogP contribution in [0, 0.1) is 6.92 Å². The molecule has 1 aromatic heterocycles. The average Bonchev–Trinajstić information content (AvgIpc) is 3.05. The molecule has 1 saturated carbocycles. The fourth-order valence-corrected chi connectivity index (χ4v) is 3.26. The van der Waals surface area contributed by atoms with Crippen molar-refractivity contribution in [1.82, 2.24) is 20.8 Å². The lowest BCUT2D eigenvalue weighted by atomic mass is 9.82. The molecule has 0 aliphatic heterocycles. The van der Waals surface area contributed by atoms with Gasteiger partial charge in [-0.1, -0.05) is 35.5 Å². The smallest absolute Gasteiger partial charge is 0.223 e. The maximum atomic E-state index is 4.97. The highest BCUT2D eigenvalue weighted by atomic mass is 127. The van der Waals surface area contributed by atoms with Crippen molar-refractivity contribution in [2.24, 2.45) is 4.99 Å². The van der Waals surface area contributed by atoms with Crippen LogP contribution in [-0.2, 0) is 6.54 Å². The molecule has 0 spiro atoms. The lowest BCUT2D eigenvalue weighted by Gasteiger charge is -2.30. The van der Waals surface area contributed by atoms with Crippen molar-refractivity contribution in [3.05, 3.63) is 47.6 Å². The molecule has 1 aliphatic rings. The standard InChI is InChI=1S/C18H25N5O.HI/c1-13-21-17(23-24-13)12-20-18(19-2)22-16-10-8-15(9-11-16)14-6-4-3-5-7-14;/h3-7,15-16H,8-12H2,1-2H3,(H2,19,20,22);1H. The van der Waals surface area contributed by atoms with E-state index in [1.165, 1.54) is 18.4 Å². The van der Waals surface area contributed by atoms with Crippen molar-refractivity contribution in [2.45, 2.75) is 51.1 Å². The first-order valence-corrected chi connectivity index (χ1v) is 8.56. The van der Waals surface area contributed by atoms with Gasteiger partial charge in [-0.25, -0.2) is 0 Å². The number of rotatable bonds is 4. The zero-order valence-electron chi connectivity index (χ0n) is 14.7. The molecular weight excluding hydrogens is 429 g/mol. The molecule has 0 bridgehead atoms. The van der Waals surface area contributed by atoms with Gasteiger partial charge >= 0.3 is 0 Å². The highest BCUT2D eigenvalue weighted by molar-refractivity contribution is 14.0. The van der Waals surface area contributed by atoms with Crippen LogP contribution in [0.1, 0.15) is 48.9 Å². The molecule has 7 heteroatoms. The third-order valence-electron chi connectivity index (χ3n) is 4.55. The summed E-state index contributed by atoms with van der Waals surface area (Å²) < 4.78 is 4.97. The Bertz CT molecular complexity index is 665. The van der Waals surface area contributed by atoms with Crippen LogP contribution in [-0.4, -0.2) is 29.2 Å². The molecule has 0 amide bonds. The zero-order valence-corrected chi connectivity index (χ0v) is 17.1. The number of hydrogen-bond donors (Lipinski definition) is 2. The van der Waals surface area contributed by atoms with E-state index in [-0.39, 0.29) is 24.0 Å². The van der Waals surface area contributed by atoms with Crippen LogP contribution in [0.3, 0.4) is 0 Å². The number of nitrogens with zero attached hydrogens (tertiary/aromatic N) is 3. The van der Waals surface area contributed by atoms with Gasteiger partial charge in [-0.3, -0.25) is 4.99 Å². The molecule has 1 fully saturated rings. The number of halogens is 1. The van der Waals surface area contributed by atoms with E-state index in [0.29, 0.717) is 30.2 Å². The van der Waals surface area contributed by atoms with E-state index in [9.17, 15) is 0 Å².